The number of rotatable bonds is 3. The molecule has 8 nitrogen and oxygen atoms in total. The second-order valence-electron chi connectivity index (χ2n) is 9.66. The molecule has 34 heavy (non-hydrogen) atoms. The number of benzene rings is 1. The van der Waals surface area contributed by atoms with Crippen LogP contribution in [-0.4, -0.2) is 58.5 Å². The van der Waals surface area contributed by atoms with Crippen LogP contribution in [0.4, 0.5) is 20.6 Å². The molecule has 2 N–H and O–H groups in total. The predicted molar refractivity (Wildman–Crippen MR) is 127 cm³/mol. The average Bonchev–Trinajstić information content (AvgIpc) is 2.81. The maximum absolute atomic E-state index is 13.5. The predicted octanol–water partition coefficient (Wildman–Crippen LogP) is 3.06. The van der Waals surface area contributed by atoms with Crippen molar-refractivity contribution in [3.8, 4) is 0 Å². The van der Waals surface area contributed by atoms with Crippen LogP contribution >= 0.6 is 0 Å². The molecule has 5 rings (SSSR count). The van der Waals surface area contributed by atoms with E-state index in [2.05, 4.69) is 15.5 Å². The van der Waals surface area contributed by atoms with E-state index in [-0.39, 0.29) is 17.4 Å². The van der Waals surface area contributed by atoms with Crippen molar-refractivity contribution in [1.29, 1.82) is 0 Å². The molecule has 0 aliphatic carbocycles. The van der Waals surface area contributed by atoms with Crippen molar-refractivity contribution in [3.05, 3.63) is 58.3 Å². The van der Waals surface area contributed by atoms with Crippen LogP contribution in [0.25, 0.3) is 0 Å². The quantitative estimate of drug-likeness (QED) is 0.727. The number of amides is 3. The van der Waals surface area contributed by atoms with Crippen LogP contribution in [-0.2, 0) is 11.3 Å². The van der Waals surface area contributed by atoms with Crippen molar-refractivity contribution in [2.45, 2.75) is 44.7 Å². The summed E-state index contributed by atoms with van der Waals surface area (Å²) in [5.41, 5.74) is 1.79. The topological polar surface area (TPSA) is 86.7 Å². The highest BCUT2D eigenvalue weighted by atomic mass is 19.1. The number of likely N-dealkylation sites (tertiary alicyclic amines) is 2. The van der Waals surface area contributed by atoms with E-state index >= 15 is 0 Å². The summed E-state index contributed by atoms with van der Waals surface area (Å²) in [6.45, 7) is 5.60. The molecule has 2 saturated heterocycles. The van der Waals surface area contributed by atoms with E-state index in [1.54, 1.807) is 19.1 Å². The highest BCUT2D eigenvalue weighted by Gasteiger charge is 2.39. The minimum Gasteiger partial charge on any atom is -0.343 e. The molecule has 1 aromatic heterocycles. The smallest absolute Gasteiger partial charge is 0.323 e. The van der Waals surface area contributed by atoms with E-state index in [1.807, 2.05) is 9.47 Å². The zero-order valence-electron chi connectivity index (χ0n) is 19.3. The summed E-state index contributed by atoms with van der Waals surface area (Å²) >= 11 is 0. The number of pyridine rings is 1. The van der Waals surface area contributed by atoms with Gasteiger partial charge in [-0.05, 0) is 49.4 Å². The Bertz CT molecular complexity index is 1160. The highest BCUT2D eigenvalue weighted by molar-refractivity contribution is 6.00. The van der Waals surface area contributed by atoms with Gasteiger partial charge in [-0.3, -0.25) is 14.5 Å². The Hall–Kier alpha value is -3.20. The van der Waals surface area contributed by atoms with Crippen molar-refractivity contribution in [1.82, 2.24) is 14.4 Å². The molecule has 0 saturated carbocycles. The van der Waals surface area contributed by atoms with Gasteiger partial charge in [-0.15, -0.1) is 0 Å². The fraction of sp³-hybridized carbons (Fsp3) is 0.480. The molecule has 2 unspecified atom stereocenters. The minimum absolute atomic E-state index is 0.0518. The number of halogens is 1. The van der Waals surface area contributed by atoms with Crippen molar-refractivity contribution in [3.63, 3.8) is 0 Å². The van der Waals surface area contributed by atoms with Gasteiger partial charge >= 0.3 is 6.03 Å². The molecule has 1 aromatic carbocycles. The number of aromatic nitrogens is 1. The summed E-state index contributed by atoms with van der Waals surface area (Å²) < 4.78 is 15.3. The number of fused-ring (bicyclic) bond motifs is 4. The highest BCUT2D eigenvalue weighted by Crippen LogP contribution is 2.40. The van der Waals surface area contributed by atoms with Crippen LogP contribution < -0.4 is 16.2 Å². The van der Waals surface area contributed by atoms with Crippen molar-refractivity contribution in [2.75, 3.05) is 36.8 Å². The van der Waals surface area contributed by atoms with Crippen LogP contribution in [0.1, 0.15) is 37.8 Å². The first-order valence-corrected chi connectivity index (χ1v) is 11.9. The maximum Gasteiger partial charge on any atom is 0.323 e. The van der Waals surface area contributed by atoms with Crippen LogP contribution in [0.2, 0.25) is 0 Å². The third kappa shape index (κ3) is 4.57. The number of anilines is 2. The van der Waals surface area contributed by atoms with Crippen molar-refractivity contribution in [2.24, 2.45) is 5.92 Å². The van der Waals surface area contributed by atoms with Crippen LogP contribution in [0, 0.1) is 11.7 Å². The Morgan fingerprint density at radius 1 is 1.03 bits per heavy atom. The Balaban J connectivity index is 1.33. The van der Waals surface area contributed by atoms with Crippen LogP contribution in [0.3, 0.4) is 0 Å². The largest absolute Gasteiger partial charge is 0.343 e. The molecule has 2 bridgehead atoms. The van der Waals surface area contributed by atoms with Gasteiger partial charge in [0.15, 0.2) is 0 Å². The first kappa shape index (κ1) is 22.6. The van der Waals surface area contributed by atoms with E-state index < -0.39 is 11.8 Å². The third-order valence-electron chi connectivity index (χ3n) is 7.38. The molecule has 4 heterocycles. The van der Waals surface area contributed by atoms with E-state index in [9.17, 15) is 18.8 Å². The summed E-state index contributed by atoms with van der Waals surface area (Å²) in [5.74, 6) is 0.223. The number of piperidine rings is 2. The molecular formula is C25H30FN5O3. The summed E-state index contributed by atoms with van der Waals surface area (Å²) in [6, 6.07) is 8.85. The summed E-state index contributed by atoms with van der Waals surface area (Å²) in [4.78, 5) is 41.5. The number of carbonyl (C=O) groups is 2. The lowest BCUT2D eigenvalue weighted by Crippen LogP contribution is -2.53. The number of nitrogens with zero attached hydrogens (tertiary/aromatic N) is 3. The van der Waals surface area contributed by atoms with Crippen molar-refractivity contribution >= 4 is 23.3 Å². The molecule has 3 aliphatic heterocycles. The fourth-order valence-corrected chi connectivity index (χ4v) is 5.85. The first-order valence-electron chi connectivity index (χ1n) is 11.9. The molecule has 3 amide bonds. The SMILES string of the molecule is CC(=O)N1CCC(N2CC3CC(C2)c2c(NC(=O)Nc4cccc(F)c4)ccc(=O)n2C3)CC1. The second-order valence-corrected chi connectivity index (χ2v) is 9.66. The molecule has 3 aliphatic rings. The number of urea groups is 1. The Morgan fingerprint density at radius 2 is 1.82 bits per heavy atom. The molecule has 180 valence electrons. The summed E-state index contributed by atoms with van der Waals surface area (Å²) in [6.07, 6.45) is 2.90. The lowest BCUT2D eigenvalue weighted by molar-refractivity contribution is -0.130. The van der Waals surface area contributed by atoms with Crippen LogP contribution in [0.15, 0.2) is 41.2 Å². The number of carbonyl (C=O) groups excluding carboxylic acids is 2. The third-order valence-corrected chi connectivity index (χ3v) is 7.38. The first-order chi connectivity index (χ1) is 16.4. The Labute approximate surface area is 197 Å². The molecule has 2 aromatic rings. The van der Waals surface area contributed by atoms with Crippen LogP contribution in [0.5, 0.6) is 0 Å². The van der Waals surface area contributed by atoms with Gasteiger partial charge < -0.3 is 20.1 Å². The van der Waals surface area contributed by atoms with E-state index in [0.717, 1.165) is 51.1 Å². The monoisotopic (exact) mass is 467 g/mol. The second kappa shape index (κ2) is 9.21. The molecule has 2 atom stereocenters. The minimum atomic E-state index is -0.474. The lowest BCUT2D eigenvalue weighted by atomic mass is 9.81. The van der Waals surface area contributed by atoms with E-state index in [1.165, 1.54) is 24.3 Å². The van der Waals surface area contributed by atoms with Gasteiger partial charge in [-0.1, -0.05) is 6.07 Å². The van der Waals surface area contributed by atoms with E-state index in [4.69, 9.17) is 0 Å². The van der Waals surface area contributed by atoms with Gasteiger partial charge in [-0.25, -0.2) is 9.18 Å². The van der Waals surface area contributed by atoms with Gasteiger partial charge in [0.2, 0.25) is 5.91 Å². The fourth-order valence-electron chi connectivity index (χ4n) is 5.85. The Morgan fingerprint density at radius 3 is 2.56 bits per heavy atom. The zero-order valence-corrected chi connectivity index (χ0v) is 19.3. The normalized spacial score (nSPS) is 22.7. The molecule has 0 radical (unpaired) electrons. The summed E-state index contributed by atoms with van der Waals surface area (Å²) in [5, 5.41) is 5.55. The standard InChI is InChI=1S/C25H30FN5O3/c1-16(32)29-9-7-21(8-10-29)30-13-17-11-18(15-30)24-22(5-6-23(33)31(24)14-17)28-25(34)27-20-4-2-3-19(26)12-20/h2-6,12,17-18,21H,7-11,13-15H2,1H3,(H2,27,28,34). The zero-order chi connectivity index (χ0) is 23.8. The molecule has 0 spiro atoms. The maximum atomic E-state index is 13.5. The number of hydrogen-bond acceptors (Lipinski definition) is 4. The molecule has 9 heteroatoms. The summed E-state index contributed by atoms with van der Waals surface area (Å²) in [7, 11) is 0. The average molecular weight is 468 g/mol. The molecule has 2 fully saturated rings. The lowest BCUT2D eigenvalue weighted by Gasteiger charge is -2.47. The van der Waals surface area contributed by atoms with Gasteiger partial charge in [-0.2, -0.15) is 0 Å². The van der Waals surface area contributed by atoms with Gasteiger partial charge in [0.05, 0.1) is 5.69 Å². The van der Waals surface area contributed by atoms with Gasteiger partial charge in [0, 0.05) is 69.1 Å². The number of hydrogen-bond donors (Lipinski definition) is 2. The van der Waals surface area contributed by atoms with Gasteiger partial charge in [0.1, 0.15) is 5.82 Å². The number of nitrogens with one attached hydrogen (secondary N) is 2. The van der Waals surface area contributed by atoms with E-state index in [0.29, 0.717) is 29.9 Å². The molecular weight excluding hydrogens is 437 g/mol. The van der Waals surface area contributed by atoms with Gasteiger partial charge in [0.25, 0.3) is 5.56 Å². The van der Waals surface area contributed by atoms with Crippen molar-refractivity contribution < 1.29 is 14.0 Å². The Kier molecular flexibility index (Phi) is 6.12.